The second-order valence-corrected chi connectivity index (χ2v) is 7.72. The van der Waals surface area contributed by atoms with Gasteiger partial charge in [-0.3, -0.25) is 9.52 Å². The van der Waals surface area contributed by atoms with Gasteiger partial charge in [0, 0.05) is 5.56 Å². The average molecular weight is 470 g/mol. The predicted octanol–water partition coefficient (Wildman–Crippen LogP) is 3.50. The maximum atomic E-state index is 13.0. The Bertz CT molecular complexity index is 1110. The van der Waals surface area contributed by atoms with Gasteiger partial charge in [0.1, 0.15) is 6.54 Å². The second kappa shape index (κ2) is 8.45. The molecule has 7 nitrogen and oxygen atoms in total. The molecule has 2 aromatic carbocycles. The van der Waals surface area contributed by atoms with E-state index in [9.17, 15) is 44.3 Å². The SMILES string of the molecule is O=C(O)c1cc(NS(=O)(=O)c2cccc(C(=O)NCC(F)(F)F)c2)cc(C(F)(F)F)c1. The first-order valence-electron chi connectivity index (χ1n) is 8.02. The molecule has 0 saturated heterocycles. The van der Waals surface area contributed by atoms with Crippen LogP contribution in [0.1, 0.15) is 26.3 Å². The lowest BCUT2D eigenvalue weighted by atomic mass is 10.1. The van der Waals surface area contributed by atoms with E-state index in [1.807, 2.05) is 0 Å². The smallest absolute Gasteiger partial charge is 0.416 e. The molecule has 0 heterocycles. The van der Waals surface area contributed by atoms with Crippen LogP contribution >= 0.6 is 0 Å². The molecule has 0 fully saturated rings. The Morgan fingerprint density at radius 2 is 1.58 bits per heavy atom. The summed E-state index contributed by atoms with van der Waals surface area (Å²) in [4.78, 5) is 22.2. The van der Waals surface area contributed by atoms with Crippen molar-refractivity contribution in [1.29, 1.82) is 0 Å². The van der Waals surface area contributed by atoms with Crippen molar-refractivity contribution in [3.8, 4) is 0 Å². The molecule has 0 spiro atoms. The Morgan fingerprint density at radius 1 is 0.935 bits per heavy atom. The summed E-state index contributed by atoms with van der Waals surface area (Å²) in [5.41, 5.74) is -3.44. The Balaban J connectivity index is 2.36. The molecular weight excluding hydrogens is 458 g/mol. The normalized spacial score (nSPS) is 12.3. The summed E-state index contributed by atoms with van der Waals surface area (Å²) >= 11 is 0. The quantitative estimate of drug-likeness (QED) is 0.560. The number of aromatic carboxylic acids is 1. The van der Waals surface area contributed by atoms with Gasteiger partial charge in [-0.2, -0.15) is 26.3 Å². The number of carboxylic acids is 1. The fourth-order valence-corrected chi connectivity index (χ4v) is 3.36. The van der Waals surface area contributed by atoms with Gasteiger partial charge in [-0.15, -0.1) is 0 Å². The highest BCUT2D eigenvalue weighted by Crippen LogP contribution is 2.32. The van der Waals surface area contributed by atoms with Crippen molar-refractivity contribution in [2.45, 2.75) is 17.2 Å². The number of alkyl halides is 6. The van der Waals surface area contributed by atoms with Gasteiger partial charge in [0.05, 0.1) is 21.7 Å². The van der Waals surface area contributed by atoms with Gasteiger partial charge >= 0.3 is 18.3 Å². The molecule has 168 valence electrons. The summed E-state index contributed by atoms with van der Waals surface area (Å²) in [5, 5.41) is 10.5. The molecule has 0 unspecified atom stereocenters. The van der Waals surface area contributed by atoms with Crippen molar-refractivity contribution < 1.29 is 49.5 Å². The van der Waals surface area contributed by atoms with Crippen molar-refractivity contribution in [1.82, 2.24) is 5.32 Å². The van der Waals surface area contributed by atoms with Crippen LogP contribution in [0.25, 0.3) is 0 Å². The van der Waals surface area contributed by atoms with E-state index >= 15 is 0 Å². The molecule has 0 bridgehead atoms. The van der Waals surface area contributed by atoms with Crippen LogP contribution in [0.5, 0.6) is 0 Å². The molecule has 3 N–H and O–H groups in total. The number of benzene rings is 2. The third-order valence-corrected chi connectivity index (χ3v) is 4.99. The number of rotatable bonds is 6. The number of carbonyl (C=O) groups is 2. The highest BCUT2D eigenvalue weighted by atomic mass is 32.2. The monoisotopic (exact) mass is 470 g/mol. The maximum Gasteiger partial charge on any atom is 0.416 e. The third kappa shape index (κ3) is 6.60. The Kier molecular flexibility index (Phi) is 6.54. The summed E-state index contributed by atoms with van der Waals surface area (Å²) in [6, 6.07) is 5.03. The van der Waals surface area contributed by atoms with E-state index in [1.165, 1.54) is 0 Å². The molecule has 1 amide bonds. The molecule has 0 saturated carbocycles. The number of carboxylic acid groups (broad SMARTS) is 1. The number of hydrogen-bond acceptors (Lipinski definition) is 4. The molecule has 0 aliphatic carbocycles. The lowest BCUT2D eigenvalue weighted by Crippen LogP contribution is -2.33. The standard InChI is InChI=1S/C17H12F6N2O5S/c18-16(19,20)8-24-14(26)9-2-1-3-13(6-9)31(29,30)25-12-5-10(15(27)28)4-11(7-12)17(21,22)23/h1-7,25H,8H2,(H,24,26)(H,27,28). The zero-order valence-electron chi connectivity index (χ0n) is 15.0. The summed E-state index contributed by atoms with van der Waals surface area (Å²) < 4.78 is 102. The topological polar surface area (TPSA) is 113 Å². The summed E-state index contributed by atoms with van der Waals surface area (Å²) in [6.45, 7) is -1.66. The van der Waals surface area contributed by atoms with E-state index in [0.717, 1.165) is 18.2 Å². The summed E-state index contributed by atoms with van der Waals surface area (Å²) in [5.74, 6) is -2.98. The number of sulfonamides is 1. The van der Waals surface area contributed by atoms with Gasteiger partial charge in [-0.05, 0) is 36.4 Å². The van der Waals surface area contributed by atoms with Crippen molar-refractivity contribution in [2.24, 2.45) is 0 Å². The summed E-state index contributed by atoms with van der Waals surface area (Å²) in [6.07, 6.45) is -9.67. The zero-order chi connectivity index (χ0) is 23.6. The largest absolute Gasteiger partial charge is 0.478 e. The Labute approximate surface area is 170 Å². The number of anilines is 1. The molecule has 0 aliphatic heterocycles. The number of carbonyl (C=O) groups excluding carboxylic acids is 1. The van der Waals surface area contributed by atoms with Gasteiger partial charge in [0.25, 0.3) is 15.9 Å². The Morgan fingerprint density at radius 3 is 2.13 bits per heavy atom. The molecular formula is C17H12F6N2O5S. The first kappa shape index (κ1) is 24.0. The highest BCUT2D eigenvalue weighted by molar-refractivity contribution is 7.92. The summed E-state index contributed by atoms with van der Waals surface area (Å²) in [7, 11) is -4.63. The maximum absolute atomic E-state index is 13.0. The lowest BCUT2D eigenvalue weighted by molar-refractivity contribution is -0.137. The van der Waals surface area contributed by atoms with Crippen LogP contribution in [-0.2, 0) is 16.2 Å². The fraction of sp³-hybridized carbons (Fsp3) is 0.176. The first-order chi connectivity index (χ1) is 14.1. The minimum atomic E-state index is -4.97. The van der Waals surface area contributed by atoms with Crippen LogP contribution in [0.2, 0.25) is 0 Å². The second-order valence-electron chi connectivity index (χ2n) is 6.03. The van der Waals surface area contributed by atoms with Gasteiger partial charge in [-0.1, -0.05) is 6.07 Å². The molecule has 0 aromatic heterocycles. The number of halogens is 6. The van der Waals surface area contributed by atoms with Crippen LogP contribution in [0.3, 0.4) is 0 Å². The predicted molar refractivity (Wildman–Crippen MR) is 94.0 cm³/mol. The van der Waals surface area contributed by atoms with E-state index in [2.05, 4.69) is 0 Å². The molecule has 0 atom stereocenters. The highest BCUT2D eigenvalue weighted by Gasteiger charge is 2.32. The van der Waals surface area contributed by atoms with E-state index in [1.54, 1.807) is 10.0 Å². The molecule has 2 rings (SSSR count). The third-order valence-electron chi connectivity index (χ3n) is 3.62. The Hall–Kier alpha value is -3.29. The lowest BCUT2D eigenvalue weighted by Gasteiger charge is -2.13. The van der Waals surface area contributed by atoms with Crippen LogP contribution in [0.4, 0.5) is 32.0 Å². The average Bonchev–Trinajstić information content (AvgIpc) is 2.64. The minimum absolute atomic E-state index is 0.311. The van der Waals surface area contributed by atoms with Gasteiger partial charge in [0.15, 0.2) is 0 Å². The van der Waals surface area contributed by atoms with Crippen molar-refractivity contribution in [2.75, 3.05) is 11.3 Å². The number of amides is 1. The van der Waals surface area contributed by atoms with Crippen molar-refractivity contribution >= 4 is 27.6 Å². The van der Waals surface area contributed by atoms with Crippen LogP contribution in [0, 0.1) is 0 Å². The number of hydrogen-bond donors (Lipinski definition) is 3. The molecule has 31 heavy (non-hydrogen) atoms. The fourth-order valence-electron chi connectivity index (χ4n) is 2.27. The molecule has 2 aromatic rings. The van der Waals surface area contributed by atoms with E-state index < -0.39 is 68.1 Å². The van der Waals surface area contributed by atoms with E-state index in [0.29, 0.717) is 24.3 Å². The van der Waals surface area contributed by atoms with Gasteiger partial charge in [-0.25, -0.2) is 13.2 Å². The van der Waals surface area contributed by atoms with Crippen LogP contribution in [0.15, 0.2) is 47.4 Å². The number of nitrogens with one attached hydrogen (secondary N) is 2. The van der Waals surface area contributed by atoms with Crippen LogP contribution in [-0.4, -0.2) is 38.1 Å². The van der Waals surface area contributed by atoms with E-state index in [-0.39, 0.29) is 0 Å². The first-order valence-corrected chi connectivity index (χ1v) is 9.50. The zero-order valence-corrected chi connectivity index (χ0v) is 15.8. The van der Waals surface area contributed by atoms with E-state index in [4.69, 9.17) is 5.11 Å². The van der Waals surface area contributed by atoms with Crippen LogP contribution < -0.4 is 10.0 Å². The molecule has 0 aliphatic rings. The van der Waals surface area contributed by atoms with Crippen molar-refractivity contribution in [3.63, 3.8) is 0 Å². The van der Waals surface area contributed by atoms with Crippen molar-refractivity contribution in [3.05, 3.63) is 59.2 Å². The van der Waals surface area contributed by atoms with Gasteiger partial charge in [0.2, 0.25) is 0 Å². The molecule has 14 heteroatoms. The minimum Gasteiger partial charge on any atom is -0.478 e. The van der Waals surface area contributed by atoms with Gasteiger partial charge < -0.3 is 10.4 Å². The molecule has 0 radical (unpaired) electrons.